The van der Waals surface area contributed by atoms with E-state index in [4.69, 9.17) is 9.47 Å². The molecule has 2 aromatic carbocycles. The van der Waals surface area contributed by atoms with Gasteiger partial charge in [-0.15, -0.1) is 0 Å². The number of nitrogens with zero attached hydrogens (tertiary/aromatic N) is 1. The Kier molecular flexibility index (Phi) is 6.02. The summed E-state index contributed by atoms with van der Waals surface area (Å²) in [7, 11) is 1.27. The second-order valence-electron chi connectivity index (χ2n) is 8.38. The highest BCUT2D eigenvalue weighted by molar-refractivity contribution is 5.92. The summed E-state index contributed by atoms with van der Waals surface area (Å²) in [5.74, 6) is -0.537. The lowest BCUT2D eigenvalue weighted by Crippen LogP contribution is -2.40. The summed E-state index contributed by atoms with van der Waals surface area (Å²) in [6.07, 6.45) is -4.43. The number of ether oxygens (including phenoxy) is 2. The number of alkyl halides is 3. The van der Waals surface area contributed by atoms with E-state index in [2.05, 4.69) is 0 Å². The van der Waals surface area contributed by atoms with E-state index in [1.54, 1.807) is 37.8 Å². The number of rotatable bonds is 2. The van der Waals surface area contributed by atoms with Gasteiger partial charge in [0.25, 0.3) is 0 Å². The van der Waals surface area contributed by atoms with E-state index in [0.29, 0.717) is 29.7 Å². The molecule has 0 unspecified atom stereocenters. The molecule has 1 heterocycles. The van der Waals surface area contributed by atoms with Gasteiger partial charge in [0.2, 0.25) is 0 Å². The lowest BCUT2D eigenvalue weighted by molar-refractivity contribution is -0.137. The zero-order chi connectivity index (χ0) is 23.0. The summed E-state index contributed by atoms with van der Waals surface area (Å²) in [6, 6.07) is 8.03. The molecule has 1 amide bonds. The number of methoxy groups -OCH3 is 1. The van der Waals surface area contributed by atoms with Crippen LogP contribution in [0.5, 0.6) is 0 Å². The first-order valence-electron chi connectivity index (χ1n) is 9.79. The van der Waals surface area contributed by atoms with Crippen LogP contribution in [0.15, 0.2) is 36.4 Å². The Morgan fingerprint density at radius 3 is 2.23 bits per heavy atom. The Labute approximate surface area is 178 Å². The van der Waals surface area contributed by atoms with Crippen LogP contribution in [0, 0.1) is 0 Å². The molecule has 0 bridgehead atoms. The first-order chi connectivity index (χ1) is 14.4. The lowest BCUT2D eigenvalue weighted by atomic mass is 9.89. The van der Waals surface area contributed by atoms with Crippen LogP contribution in [-0.4, -0.2) is 36.2 Å². The summed E-state index contributed by atoms with van der Waals surface area (Å²) in [4.78, 5) is 26.2. The second-order valence-corrected chi connectivity index (χ2v) is 8.38. The molecule has 0 radical (unpaired) electrons. The van der Waals surface area contributed by atoms with Gasteiger partial charge < -0.3 is 14.4 Å². The van der Waals surface area contributed by atoms with Crippen molar-refractivity contribution in [3.8, 4) is 11.1 Å². The average Bonchev–Trinajstić information content (AvgIpc) is 2.70. The largest absolute Gasteiger partial charge is 0.465 e. The van der Waals surface area contributed by atoms with Gasteiger partial charge >= 0.3 is 18.2 Å². The number of carbonyl (C=O) groups excluding carboxylic acids is 2. The Balaban J connectivity index is 2.04. The Morgan fingerprint density at radius 1 is 1.03 bits per heavy atom. The number of fused-ring (bicyclic) bond motifs is 1. The molecule has 0 atom stereocenters. The summed E-state index contributed by atoms with van der Waals surface area (Å²) >= 11 is 0. The maximum Gasteiger partial charge on any atom is 0.416 e. The molecule has 0 saturated heterocycles. The molecule has 1 aliphatic rings. The number of esters is 1. The highest BCUT2D eigenvalue weighted by Gasteiger charge is 2.31. The quantitative estimate of drug-likeness (QED) is 0.589. The average molecular weight is 435 g/mol. The van der Waals surface area contributed by atoms with E-state index in [-0.39, 0.29) is 6.54 Å². The summed E-state index contributed by atoms with van der Waals surface area (Å²) in [5, 5.41) is 0. The molecule has 166 valence electrons. The Hall–Kier alpha value is -3.03. The molecule has 0 saturated carbocycles. The van der Waals surface area contributed by atoms with E-state index in [1.165, 1.54) is 19.2 Å². The molecular formula is C23H24F3NO4. The standard InChI is InChI=1S/C23H24F3NO4/c1-22(2,3)31-21(29)27-10-9-15-11-16(20(28)30-4)12-18(19(15)13-27)14-5-7-17(8-6-14)23(24,25)26/h5-8,11-12H,9-10,13H2,1-4H3. The third kappa shape index (κ3) is 5.18. The van der Waals surface area contributed by atoms with E-state index >= 15 is 0 Å². The van der Waals surface area contributed by atoms with E-state index in [1.807, 2.05) is 0 Å². The maximum absolute atomic E-state index is 13.0. The molecule has 8 heteroatoms. The third-order valence-corrected chi connectivity index (χ3v) is 4.94. The minimum atomic E-state index is -4.45. The predicted molar refractivity (Wildman–Crippen MR) is 109 cm³/mol. The van der Waals surface area contributed by atoms with E-state index in [0.717, 1.165) is 23.3 Å². The fourth-order valence-electron chi connectivity index (χ4n) is 3.48. The molecule has 3 rings (SSSR count). The van der Waals surface area contributed by atoms with Crippen molar-refractivity contribution in [2.24, 2.45) is 0 Å². The molecule has 2 aromatic rings. The van der Waals surface area contributed by atoms with Gasteiger partial charge in [0.15, 0.2) is 0 Å². The highest BCUT2D eigenvalue weighted by Crippen LogP contribution is 2.35. The van der Waals surface area contributed by atoms with Gasteiger partial charge in [0.1, 0.15) is 5.60 Å². The van der Waals surface area contributed by atoms with Crippen LogP contribution in [0.2, 0.25) is 0 Å². The number of halogens is 3. The zero-order valence-electron chi connectivity index (χ0n) is 17.8. The van der Waals surface area contributed by atoms with Gasteiger partial charge in [-0.25, -0.2) is 9.59 Å². The topological polar surface area (TPSA) is 55.8 Å². The van der Waals surface area contributed by atoms with Crippen molar-refractivity contribution in [3.63, 3.8) is 0 Å². The monoisotopic (exact) mass is 435 g/mol. The fourth-order valence-corrected chi connectivity index (χ4v) is 3.48. The Morgan fingerprint density at radius 2 is 1.68 bits per heavy atom. The van der Waals surface area contributed by atoms with Crippen molar-refractivity contribution < 1.29 is 32.2 Å². The van der Waals surface area contributed by atoms with Crippen molar-refractivity contribution in [2.75, 3.05) is 13.7 Å². The van der Waals surface area contributed by atoms with Crippen LogP contribution in [0.4, 0.5) is 18.0 Å². The van der Waals surface area contributed by atoms with Crippen molar-refractivity contribution in [1.29, 1.82) is 0 Å². The van der Waals surface area contributed by atoms with Crippen LogP contribution >= 0.6 is 0 Å². The number of hydrogen-bond acceptors (Lipinski definition) is 4. The predicted octanol–water partition coefficient (Wildman–Crippen LogP) is 5.45. The molecule has 0 aliphatic carbocycles. The molecule has 0 aromatic heterocycles. The van der Waals surface area contributed by atoms with Gasteiger partial charge in [-0.1, -0.05) is 12.1 Å². The second kappa shape index (κ2) is 8.24. The molecule has 5 nitrogen and oxygen atoms in total. The van der Waals surface area contributed by atoms with Crippen molar-refractivity contribution in [1.82, 2.24) is 4.90 Å². The Bertz CT molecular complexity index is 992. The first-order valence-corrected chi connectivity index (χ1v) is 9.79. The van der Waals surface area contributed by atoms with Crippen LogP contribution in [-0.2, 0) is 28.6 Å². The van der Waals surface area contributed by atoms with Gasteiger partial charge in [0.05, 0.1) is 18.2 Å². The van der Waals surface area contributed by atoms with E-state index in [9.17, 15) is 22.8 Å². The maximum atomic E-state index is 13.0. The summed E-state index contributed by atoms with van der Waals surface area (Å²) in [5.41, 5.74) is 1.61. The van der Waals surface area contributed by atoms with Crippen molar-refractivity contribution in [3.05, 3.63) is 58.7 Å². The van der Waals surface area contributed by atoms with Crippen LogP contribution in [0.25, 0.3) is 11.1 Å². The number of carbonyl (C=O) groups is 2. The first kappa shape index (κ1) is 22.7. The molecule has 0 spiro atoms. The normalized spacial score (nSPS) is 14.1. The molecule has 31 heavy (non-hydrogen) atoms. The minimum absolute atomic E-state index is 0.224. The van der Waals surface area contributed by atoms with Gasteiger partial charge in [-0.2, -0.15) is 13.2 Å². The minimum Gasteiger partial charge on any atom is -0.465 e. The number of amides is 1. The SMILES string of the molecule is COC(=O)c1cc2c(c(-c3ccc(C(F)(F)F)cc3)c1)CN(C(=O)OC(C)(C)C)CC2. The summed E-state index contributed by atoms with van der Waals surface area (Å²) < 4.78 is 49.2. The third-order valence-electron chi connectivity index (χ3n) is 4.94. The van der Waals surface area contributed by atoms with Gasteiger partial charge in [0, 0.05) is 13.1 Å². The highest BCUT2D eigenvalue weighted by atomic mass is 19.4. The molecular weight excluding hydrogens is 411 g/mol. The van der Waals surface area contributed by atoms with Gasteiger partial charge in [-0.3, -0.25) is 0 Å². The molecule has 0 N–H and O–H groups in total. The molecule has 0 fully saturated rings. The van der Waals surface area contributed by atoms with Gasteiger partial charge in [-0.05, 0) is 73.7 Å². The lowest BCUT2D eigenvalue weighted by Gasteiger charge is -2.32. The fraction of sp³-hybridized carbons (Fsp3) is 0.391. The zero-order valence-corrected chi connectivity index (χ0v) is 17.8. The molecule has 1 aliphatic heterocycles. The summed E-state index contributed by atoms with van der Waals surface area (Å²) in [6.45, 7) is 5.96. The van der Waals surface area contributed by atoms with Crippen LogP contribution < -0.4 is 0 Å². The van der Waals surface area contributed by atoms with Crippen molar-refractivity contribution >= 4 is 12.1 Å². The van der Waals surface area contributed by atoms with Crippen molar-refractivity contribution in [2.45, 2.75) is 45.5 Å². The smallest absolute Gasteiger partial charge is 0.416 e. The number of hydrogen-bond donors (Lipinski definition) is 0. The van der Waals surface area contributed by atoms with Crippen LogP contribution in [0.1, 0.15) is 47.8 Å². The van der Waals surface area contributed by atoms with E-state index < -0.39 is 29.4 Å². The van der Waals surface area contributed by atoms with Crippen LogP contribution in [0.3, 0.4) is 0 Å². The number of benzene rings is 2.